The first-order valence-electron chi connectivity index (χ1n) is 3.91. The van der Waals surface area contributed by atoms with Crippen LogP contribution >= 0.6 is 0 Å². The second-order valence-electron chi connectivity index (χ2n) is 3.14. The Hall–Kier alpha value is -1.01. The number of nitrogens with one attached hydrogen (secondary N) is 1. The molecule has 0 saturated heterocycles. The zero-order valence-electron chi connectivity index (χ0n) is 7.55. The smallest absolute Gasteiger partial charge is 0.221 e. The van der Waals surface area contributed by atoms with E-state index in [1.165, 1.54) is 0 Å². The van der Waals surface area contributed by atoms with Crippen LogP contribution < -0.4 is 5.32 Å². The minimum atomic E-state index is -0.591. The van der Waals surface area contributed by atoms with Crippen molar-refractivity contribution < 1.29 is 9.90 Å². The van der Waals surface area contributed by atoms with E-state index in [-0.39, 0.29) is 12.5 Å². The molecule has 3 heteroatoms. The second-order valence-corrected chi connectivity index (χ2v) is 3.14. The van der Waals surface area contributed by atoms with E-state index < -0.39 is 5.54 Å². The van der Waals surface area contributed by atoms with E-state index in [0.29, 0.717) is 12.8 Å². The van der Waals surface area contributed by atoms with Crippen molar-refractivity contribution in [3.8, 4) is 12.3 Å². The van der Waals surface area contributed by atoms with E-state index in [9.17, 15) is 4.79 Å². The molecule has 0 radical (unpaired) electrons. The second kappa shape index (κ2) is 4.78. The Balaban J connectivity index is 3.78. The first kappa shape index (κ1) is 11.0. The van der Waals surface area contributed by atoms with Gasteiger partial charge in [-0.05, 0) is 20.3 Å². The molecule has 2 N–H and O–H groups in total. The average molecular weight is 169 g/mol. The van der Waals surface area contributed by atoms with Crippen molar-refractivity contribution in [3.05, 3.63) is 0 Å². The largest absolute Gasteiger partial charge is 0.396 e. The lowest BCUT2D eigenvalue weighted by molar-refractivity contribution is -0.122. The number of rotatable bonds is 4. The fourth-order valence-corrected chi connectivity index (χ4v) is 0.687. The summed E-state index contributed by atoms with van der Waals surface area (Å²) < 4.78 is 0. The number of hydrogen-bond donors (Lipinski definition) is 2. The molecule has 68 valence electrons. The number of hydrogen-bond acceptors (Lipinski definition) is 2. The van der Waals surface area contributed by atoms with Crippen LogP contribution in [0.5, 0.6) is 0 Å². The van der Waals surface area contributed by atoms with Gasteiger partial charge in [-0.2, -0.15) is 0 Å². The lowest BCUT2D eigenvalue weighted by Gasteiger charge is -2.19. The summed E-state index contributed by atoms with van der Waals surface area (Å²) in [5.41, 5.74) is -0.591. The summed E-state index contributed by atoms with van der Waals surface area (Å²) >= 11 is 0. The van der Waals surface area contributed by atoms with Crippen molar-refractivity contribution in [2.45, 2.75) is 32.2 Å². The molecule has 0 aromatic rings. The minimum absolute atomic E-state index is 0.0316. The topological polar surface area (TPSA) is 49.3 Å². The summed E-state index contributed by atoms with van der Waals surface area (Å²) in [6, 6.07) is 0. The van der Waals surface area contributed by atoms with Gasteiger partial charge in [0.05, 0.1) is 5.54 Å². The molecular weight excluding hydrogens is 154 g/mol. The molecule has 0 rings (SSSR count). The van der Waals surface area contributed by atoms with Crippen molar-refractivity contribution in [3.63, 3.8) is 0 Å². The van der Waals surface area contributed by atoms with Gasteiger partial charge in [-0.3, -0.25) is 4.79 Å². The van der Waals surface area contributed by atoms with Gasteiger partial charge in [0.2, 0.25) is 5.91 Å². The number of amides is 1. The molecule has 0 unspecified atom stereocenters. The van der Waals surface area contributed by atoms with E-state index in [2.05, 4.69) is 11.2 Å². The molecule has 0 bridgehead atoms. The molecule has 12 heavy (non-hydrogen) atoms. The van der Waals surface area contributed by atoms with Crippen molar-refractivity contribution in [1.29, 1.82) is 0 Å². The summed E-state index contributed by atoms with van der Waals surface area (Å²) in [6.45, 7) is 3.54. The highest BCUT2D eigenvalue weighted by atomic mass is 16.3. The SMILES string of the molecule is C#CC(C)(C)NC(=O)CCCO. The van der Waals surface area contributed by atoms with Crippen LogP contribution in [0.3, 0.4) is 0 Å². The summed E-state index contributed by atoms with van der Waals surface area (Å²) in [5, 5.41) is 11.1. The first-order chi connectivity index (χ1) is 5.52. The van der Waals surface area contributed by atoms with Crippen molar-refractivity contribution in [1.82, 2.24) is 5.32 Å². The Bertz CT molecular complexity index is 191. The molecule has 0 aliphatic rings. The summed E-state index contributed by atoms with van der Waals surface area (Å²) in [5.74, 6) is 2.34. The van der Waals surface area contributed by atoms with Gasteiger partial charge in [0.1, 0.15) is 0 Å². The third kappa shape index (κ3) is 4.75. The molecule has 0 heterocycles. The Morgan fingerprint density at radius 2 is 2.25 bits per heavy atom. The quantitative estimate of drug-likeness (QED) is 0.594. The maximum atomic E-state index is 11.1. The van der Waals surface area contributed by atoms with Gasteiger partial charge >= 0.3 is 0 Å². The fourth-order valence-electron chi connectivity index (χ4n) is 0.687. The van der Waals surface area contributed by atoms with Gasteiger partial charge in [0, 0.05) is 13.0 Å². The van der Waals surface area contributed by atoms with Crippen LogP contribution in [0.4, 0.5) is 0 Å². The van der Waals surface area contributed by atoms with E-state index >= 15 is 0 Å². The maximum Gasteiger partial charge on any atom is 0.221 e. The van der Waals surface area contributed by atoms with Crippen molar-refractivity contribution in [2.24, 2.45) is 0 Å². The van der Waals surface area contributed by atoms with Crippen molar-refractivity contribution >= 4 is 5.91 Å². The molecule has 0 fully saturated rings. The molecule has 1 amide bonds. The fraction of sp³-hybridized carbons (Fsp3) is 0.667. The standard InChI is InChI=1S/C9H15NO2/c1-4-9(2,3)10-8(12)6-5-7-11/h1,11H,5-7H2,2-3H3,(H,10,12). The molecule has 0 atom stereocenters. The Morgan fingerprint density at radius 3 is 2.67 bits per heavy atom. The van der Waals surface area contributed by atoms with Gasteiger partial charge in [0.15, 0.2) is 0 Å². The summed E-state index contributed by atoms with van der Waals surface area (Å²) in [6.07, 6.45) is 5.97. The van der Waals surface area contributed by atoms with Crippen LogP contribution in [-0.4, -0.2) is 23.2 Å². The third-order valence-electron chi connectivity index (χ3n) is 1.37. The Kier molecular flexibility index (Phi) is 4.38. The minimum Gasteiger partial charge on any atom is -0.396 e. The lowest BCUT2D eigenvalue weighted by atomic mass is 10.1. The summed E-state index contributed by atoms with van der Waals surface area (Å²) in [7, 11) is 0. The predicted octanol–water partition coefficient (Wildman–Crippen LogP) is 0.287. The molecular formula is C9H15NO2. The van der Waals surface area contributed by atoms with E-state index in [4.69, 9.17) is 11.5 Å². The highest BCUT2D eigenvalue weighted by Gasteiger charge is 2.15. The van der Waals surface area contributed by atoms with Gasteiger partial charge in [0.25, 0.3) is 0 Å². The first-order valence-corrected chi connectivity index (χ1v) is 3.91. The van der Waals surface area contributed by atoms with Crippen molar-refractivity contribution in [2.75, 3.05) is 6.61 Å². The van der Waals surface area contributed by atoms with E-state index in [1.54, 1.807) is 13.8 Å². The average Bonchev–Trinajstić information content (AvgIpc) is 2.00. The van der Waals surface area contributed by atoms with E-state index in [1.807, 2.05) is 0 Å². The highest BCUT2D eigenvalue weighted by molar-refractivity contribution is 5.77. The number of terminal acetylenes is 1. The van der Waals surface area contributed by atoms with Gasteiger partial charge < -0.3 is 10.4 Å². The van der Waals surface area contributed by atoms with Crippen LogP contribution in [0, 0.1) is 12.3 Å². The summed E-state index contributed by atoms with van der Waals surface area (Å²) in [4.78, 5) is 11.1. The molecule has 0 aliphatic heterocycles. The van der Waals surface area contributed by atoms with E-state index in [0.717, 1.165) is 0 Å². The van der Waals surface area contributed by atoms with Gasteiger partial charge in [-0.25, -0.2) is 0 Å². The number of carbonyl (C=O) groups is 1. The maximum absolute atomic E-state index is 11.1. The van der Waals surface area contributed by atoms with Crippen LogP contribution in [-0.2, 0) is 4.79 Å². The Morgan fingerprint density at radius 1 is 1.67 bits per heavy atom. The molecule has 0 aromatic heterocycles. The Labute approximate surface area is 73.2 Å². The third-order valence-corrected chi connectivity index (χ3v) is 1.37. The number of aliphatic hydroxyl groups is 1. The molecule has 0 aliphatic carbocycles. The predicted molar refractivity (Wildman–Crippen MR) is 47.4 cm³/mol. The normalized spacial score (nSPS) is 10.5. The lowest BCUT2D eigenvalue weighted by Crippen LogP contribution is -2.42. The van der Waals surface area contributed by atoms with Gasteiger partial charge in [-0.15, -0.1) is 6.42 Å². The molecule has 0 aromatic carbocycles. The molecule has 0 saturated carbocycles. The van der Waals surface area contributed by atoms with Gasteiger partial charge in [-0.1, -0.05) is 5.92 Å². The number of carbonyl (C=O) groups excluding carboxylic acids is 1. The van der Waals surface area contributed by atoms with Crippen LogP contribution in [0.15, 0.2) is 0 Å². The zero-order valence-corrected chi connectivity index (χ0v) is 7.55. The monoisotopic (exact) mass is 169 g/mol. The van der Waals surface area contributed by atoms with Crippen LogP contribution in [0.25, 0.3) is 0 Å². The number of aliphatic hydroxyl groups excluding tert-OH is 1. The highest BCUT2D eigenvalue weighted by Crippen LogP contribution is 2.00. The molecule has 3 nitrogen and oxygen atoms in total. The molecule has 0 spiro atoms. The zero-order chi connectivity index (χ0) is 9.61. The van der Waals surface area contributed by atoms with Crippen LogP contribution in [0.1, 0.15) is 26.7 Å². The van der Waals surface area contributed by atoms with Crippen LogP contribution in [0.2, 0.25) is 0 Å².